The summed E-state index contributed by atoms with van der Waals surface area (Å²) in [5.41, 5.74) is -0.692. The summed E-state index contributed by atoms with van der Waals surface area (Å²) in [6.45, 7) is -0.495. The molecule has 0 radical (unpaired) electrons. The minimum atomic E-state index is -4.82. The lowest BCUT2D eigenvalue weighted by Crippen LogP contribution is -2.38. The number of ether oxygens (including phenoxy) is 1. The fraction of sp³-hybridized carbons (Fsp3) is 0.370. The van der Waals surface area contributed by atoms with Gasteiger partial charge in [0.1, 0.15) is 19.0 Å². The lowest BCUT2D eigenvalue weighted by molar-refractivity contribution is -0.140. The number of carboxylic acid groups (broad SMARTS) is 1. The molecule has 3 N–H and O–H groups in total. The van der Waals surface area contributed by atoms with E-state index >= 15 is 0 Å². The summed E-state index contributed by atoms with van der Waals surface area (Å²) in [5, 5.41) is 24.4. The van der Waals surface area contributed by atoms with E-state index in [0.29, 0.717) is 12.1 Å². The fourth-order valence-corrected chi connectivity index (χ4v) is 4.01. The Kier molecular flexibility index (Phi) is 10.4. The molecule has 210 valence electrons. The highest BCUT2D eigenvalue weighted by Crippen LogP contribution is 2.31. The van der Waals surface area contributed by atoms with Crippen molar-refractivity contribution in [3.63, 3.8) is 0 Å². The van der Waals surface area contributed by atoms with E-state index in [-0.39, 0.29) is 48.8 Å². The van der Waals surface area contributed by atoms with Crippen LogP contribution in [0.4, 0.5) is 17.6 Å². The number of aliphatic hydroxyl groups is 1. The van der Waals surface area contributed by atoms with Crippen molar-refractivity contribution >= 4 is 11.9 Å². The number of carbonyl (C=O) groups excluding carboxylic acids is 1. The van der Waals surface area contributed by atoms with Crippen LogP contribution in [0.25, 0.3) is 0 Å². The molecule has 0 spiro atoms. The lowest BCUT2D eigenvalue weighted by Gasteiger charge is -2.22. The molecule has 1 amide bonds. The molecule has 12 heteroatoms. The Morgan fingerprint density at radius 3 is 2.28 bits per heavy atom. The van der Waals surface area contributed by atoms with E-state index in [2.05, 4.69) is 10.4 Å². The average Bonchev–Trinajstić information content (AvgIpc) is 3.31. The van der Waals surface area contributed by atoms with Gasteiger partial charge < -0.3 is 20.3 Å². The maximum absolute atomic E-state index is 13.7. The average molecular weight is 552 g/mol. The normalized spacial score (nSPS) is 13.8. The highest BCUT2D eigenvalue weighted by molar-refractivity contribution is 5.85. The minimum absolute atomic E-state index is 0.0512. The number of amides is 1. The molecule has 0 atom stereocenters. The quantitative estimate of drug-likeness (QED) is 0.342. The van der Waals surface area contributed by atoms with E-state index < -0.39 is 23.5 Å². The van der Waals surface area contributed by atoms with Crippen LogP contribution in [-0.4, -0.2) is 37.9 Å². The number of carboxylic acids is 1. The number of nitrogens with zero attached hydrogens (tertiary/aromatic N) is 2. The number of hydrogen-bond acceptors (Lipinski definition) is 5. The van der Waals surface area contributed by atoms with Crippen molar-refractivity contribution in [3.8, 4) is 5.88 Å². The Morgan fingerprint density at radius 1 is 1.03 bits per heavy atom. The number of rotatable bonds is 8. The molecule has 1 fully saturated rings. The molecule has 0 unspecified atom stereocenters. The van der Waals surface area contributed by atoms with Crippen LogP contribution in [0.5, 0.6) is 5.88 Å². The van der Waals surface area contributed by atoms with Crippen molar-refractivity contribution in [1.82, 2.24) is 15.1 Å². The van der Waals surface area contributed by atoms with Gasteiger partial charge in [0.15, 0.2) is 5.69 Å². The van der Waals surface area contributed by atoms with Gasteiger partial charge in [0.2, 0.25) is 11.8 Å². The molecule has 1 saturated carbocycles. The molecule has 8 nitrogen and oxygen atoms in total. The molecule has 1 aliphatic rings. The third-order valence-corrected chi connectivity index (χ3v) is 5.98. The standard InChI is InChI=1S/C20H21F4N3O4.C7H8O/c21-15-8-12(6-7-14(15)20(22,23)24)11-31-18-9-16(19(29)30)26-27(18)10-17(28)25-13-4-2-1-3-5-13;8-6-7-4-2-1-3-5-7/h6-9,13H,1-5,10-11H2,(H,25,28)(H,29,30);1-5,8H,6H2. The molecular formula is C27H29F4N3O5. The topological polar surface area (TPSA) is 114 Å². The highest BCUT2D eigenvalue weighted by Gasteiger charge is 2.34. The number of aromatic carboxylic acids is 1. The molecule has 2 aromatic carbocycles. The van der Waals surface area contributed by atoms with E-state index in [1.54, 1.807) is 0 Å². The van der Waals surface area contributed by atoms with E-state index in [1.807, 2.05) is 30.3 Å². The highest BCUT2D eigenvalue weighted by atomic mass is 19.4. The zero-order valence-electron chi connectivity index (χ0n) is 21.0. The molecule has 1 heterocycles. The Balaban J connectivity index is 0.000000449. The van der Waals surface area contributed by atoms with Crippen molar-refractivity contribution in [2.24, 2.45) is 0 Å². The van der Waals surface area contributed by atoms with Gasteiger partial charge >= 0.3 is 12.1 Å². The van der Waals surface area contributed by atoms with Gasteiger partial charge in [0.25, 0.3) is 0 Å². The first-order chi connectivity index (χ1) is 18.6. The van der Waals surface area contributed by atoms with Gasteiger partial charge in [-0.2, -0.15) is 18.3 Å². The number of aromatic nitrogens is 2. The number of carbonyl (C=O) groups is 2. The lowest BCUT2D eigenvalue weighted by atomic mass is 9.95. The van der Waals surface area contributed by atoms with Crippen LogP contribution in [0, 0.1) is 5.82 Å². The molecule has 3 aromatic rings. The summed E-state index contributed by atoms with van der Waals surface area (Å²) in [6, 6.07) is 13.0. The molecular weight excluding hydrogens is 522 g/mol. The largest absolute Gasteiger partial charge is 0.476 e. The maximum atomic E-state index is 13.7. The third kappa shape index (κ3) is 9.10. The van der Waals surface area contributed by atoms with E-state index in [9.17, 15) is 27.2 Å². The molecule has 0 aliphatic heterocycles. The molecule has 1 aliphatic carbocycles. The zero-order chi connectivity index (χ0) is 28.4. The van der Waals surface area contributed by atoms with Crippen molar-refractivity contribution in [3.05, 3.63) is 82.8 Å². The smallest absolute Gasteiger partial charge is 0.419 e. The first-order valence-corrected chi connectivity index (χ1v) is 12.3. The van der Waals surface area contributed by atoms with Crippen molar-refractivity contribution < 1.29 is 42.1 Å². The minimum Gasteiger partial charge on any atom is -0.476 e. The van der Waals surface area contributed by atoms with Crippen LogP contribution in [0.1, 0.15) is 59.3 Å². The van der Waals surface area contributed by atoms with Crippen LogP contribution >= 0.6 is 0 Å². The molecule has 1 aromatic heterocycles. The fourth-order valence-electron chi connectivity index (χ4n) is 4.01. The Morgan fingerprint density at radius 2 is 1.72 bits per heavy atom. The Bertz CT molecular complexity index is 1240. The SMILES string of the molecule is O=C(Cn1nc(C(=O)O)cc1OCc1ccc(C(F)(F)F)c(F)c1)NC1CCCCC1.OCc1ccccc1. The number of benzene rings is 2. The van der Waals surface area contributed by atoms with Gasteiger partial charge in [-0.15, -0.1) is 0 Å². The summed E-state index contributed by atoms with van der Waals surface area (Å²) in [4.78, 5) is 23.6. The van der Waals surface area contributed by atoms with Crippen LogP contribution in [0.15, 0.2) is 54.6 Å². The summed E-state index contributed by atoms with van der Waals surface area (Å²) in [5.74, 6) is -3.22. The van der Waals surface area contributed by atoms with Gasteiger partial charge in [0, 0.05) is 12.1 Å². The van der Waals surface area contributed by atoms with Crippen molar-refractivity contribution in [1.29, 1.82) is 0 Å². The van der Waals surface area contributed by atoms with Gasteiger partial charge in [-0.25, -0.2) is 13.9 Å². The number of halogens is 4. The summed E-state index contributed by atoms with van der Waals surface area (Å²) in [6.07, 6.45) is 0.0875. The van der Waals surface area contributed by atoms with Gasteiger partial charge in [-0.1, -0.05) is 55.7 Å². The Labute approximate surface area is 222 Å². The molecule has 0 bridgehead atoms. The second-order valence-corrected chi connectivity index (χ2v) is 8.98. The number of alkyl halides is 3. The summed E-state index contributed by atoms with van der Waals surface area (Å²) < 4.78 is 58.3. The molecule has 39 heavy (non-hydrogen) atoms. The number of nitrogens with one attached hydrogen (secondary N) is 1. The van der Waals surface area contributed by atoms with Gasteiger partial charge in [-0.05, 0) is 36.1 Å². The van der Waals surface area contributed by atoms with E-state index in [1.165, 1.54) is 0 Å². The predicted octanol–water partition coefficient (Wildman–Crippen LogP) is 4.95. The van der Waals surface area contributed by atoms with Crippen LogP contribution < -0.4 is 10.1 Å². The zero-order valence-corrected chi connectivity index (χ0v) is 21.0. The first-order valence-electron chi connectivity index (χ1n) is 12.3. The number of aliphatic hydroxyl groups excluding tert-OH is 1. The monoisotopic (exact) mass is 551 g/mol. The second-order valence-electron chi connectivity index (χ2n) is 8.98. The van der Waals surface area contributed by atoms with Crippen LogP contribution in [-0.2, 0) is 30.7 Å². The van der Waals surface area contributed by atoms with Crippen molar-refractivity contribution in [2.75, 3.05) is 0 Å². The van der Waals surface area contributed by atoms with Crippen LogP contribution in [0.2, 0.25) is 0 Å². The third-order valence-electron chi connectivity index (χ3n) is 5.98. The summed E-state index contributed by atoms with van der Waals surface area (Å²) >= 11 is 0. The van der Waals surface area contributed by atoms with Crippen molar-refractivity contribution in [2.45, 2.75) is 64.1 Å². The van der Waals surface area contributed by atoms with Gasteiger partial charge in [-0.3, -0.25) is 4.79 Å². The summed E-state index contributed by atoms with van der Waals surface area (Å²) in [7, 11) is 0. The molecule has 0 saturated heterocycles. The Hall–Kier alpha value is -3.93. The first kappa shape index (κ1) is 29.6. The maximum Gasteiger partial charge on any atom is 0.419 e. The van der Waals surface area contributed by atoms with E-state index in [0.717, 1.165) is 54.5 Å². The predicted molar refractivity (Wildman–Crippen MR) is 132 cm³/mol. The molecule has 4 rings (SSSR count). The number of hydrogen-bond donors (Lipinski definition) is 3. The van der Waals surface area contributed by atoms with E-state index in [4.69, 9.17) is 14.9 Å². The van der Waals surface area contributed by atoms with Crippen LogP contribution in [0.3, 0.4) is 0 Å². The van der Waals surface area contributed by atoms with Gasteiger partial charge in [0.05, 0.1) is 12.2 Å². The second kappa shape index (κ2) is 13.7.